The summed E-state index contributed by atoms with van der Waals surface area (Å²) in [6.45, 7) is 1.50. The van der Waals surface area contributed by atoms with Crippen LogP contribution in [0.15, 0.2) is 65.8 Å². The molecule has 3 heterocycles. The van der Waals surface area contributed by atoms with Gasteiger partial charge in [-0.05, 0) is 24.3 Å². The zero-order valence-electron chi connectivity index (χ0n) is 13.7. The highest BCUT2D eigenvalue weighted by Gasteiger charge is 2.52. The molecule has 0 spiro atoms. The zero-order valence-corrected chi connectivity index (χ0v) is 14.6. The maximum atomic E-state index is 12.4. The van der Waals surface area contributed by atoms with Gasteiger partial charge in [-0.3, -0.25) is 4.79 Å². The largest absolute Gasteiger partial charge is 0.369 e. The van der Waals surface area contributed by atoms with E-state index in [1.165, 1.54) is 0 Å². The minimum Gasteiger partial charge on any atom is -0.369 e. The second kappa shape index (κ2) is 6.20. The van der Waals surface area contributed by atoms with Gasteiger partial charge in [-0.15, -0.1) is 12.6 Å². The summed E-state index contributed by atoms with van der Waals surface area (Å²) in [5.41, 5.74) is 6.80. The number of anilines is 1. The number of carbonyl (C=O) groups is 1. The lowest BCUT2D eigenvalue weighted by Gasteiger charge is -2.40. The van der Waals surface area contributed by atoms with Crippen LogP contribution in [-0.4, -0.2) is 40.5 Å². The standard InChI is InChI=1S/C19H20N4OS/c20-19-11-14(12-23(19)18-7-3-4-9-21-18)22(13-19)10-8-16(24)15-5-1-2-6-17(15)25/h1-10,14,25H,11-13,20H2/b10-8+/t14-,19-/m1/s1. The molecule has 128 valence electrons. The van der Waals surface area contributed by atoms with Crippen molar-refractivity contribution in [3.05, 3.63) is 66.5 Å². The highest BCUT2D eigenvalue weighted by Crippen LogP contribution is 2.38. The molecule has 1 aromatic heterocycles. The first kappa shape index (κ1) is 16.2. The van der Waals surface area contributed by atoms with Gasteiger partial charge in [-0.25, -0.2) is 4.98 Å². The smallest absolute Gasteiger partial charge is 0.188 e. The first-order valence-corrected chi connectivity index (χ1v) is 8.75. The molecule has 2 aliphatic heterocycles. The van der Waals surface area contributed by atoms with Crippen LogP contribution >= 0.6 is 12.6 Å². The van der Waals surface area contributed by atoms with Crippen LogP contribution in [0, 0.1) is 0 Å². The molecule has 2 N–H and O–H groups in total. The van der Waals surface area contributed by atoms with E-state index in [9.17, 15) is 4.79 Å². The second-order valence-electron chi connectivity index (χ2n) is 6.63. The van der Waals surface area contributed by atoms with Gasteiger partial charge in [0.15, 0.2) is 5.78 Å². The van der Waals surface area contributed by atoms with Crippen molar-refractivity contribution >= 4 is 24.2 Å². The lowest BCUT2D eigenvalue weighted by Crippen LogP contribution is -2.59. The number of rotatable bonds is 4. The van der Waals surface area contributed by atoms with Crippen molar-refractivity contribution in [1.29, 1.82) is 0 Å². The Balaban J connectivity index is 1.47. The van der Waals surface area contributed by atoms with E-state index in [1.54, 1.807) is 18.3 Å². The topological polar surface area (TPSA) is 62.5 Å². The molecule has 0 amide bonds. The Morgan fingerprint density at radius 1 is 1.28 bits per heavy atom. The number of carbonyl (C=O) groups excluding carboxylic acids is 1. The Labute approximate surface area is 152 Å². The van der Waals surface area contributed by atoms with E-state index in [4.69, 9.17) is 5.73 Å². The number of thiol groups is 1. The third-order valence-corrected chi connectivity index (χ3v) is 5.35. The van der Waals surface area contributed by atoms with E-state index in [-0.39, 0.29) is 5.78 Å². The van der Waals surface area contributed by atoms with Crippen molar-refractivity contribution in [1.82, 2.24) is 9.88 Å². The van der Waals surface area contributed by atoms with Crippen LogP contribution in [0.25, 0.3) is 0 Å². The van der Waals surface area contributed by atoms with Gasteiger partial charge in [0.2, 0.25) is 0 Å². The van der Waals surface area contributed by atoms with E-state index in [0.717, 1.165) is 18.8 Å². The molecule has 25 heavy (non-hydrogen) atoms. The summed E-state index contributed by atoms with van der Waals surface area (Å²) in [5.74, 6) is 0.872. The molecule has 6 heteroatoms. The summed E-state index contributed by atoms with van der Waals surface area (Å²) < 4.78 is 0. The number of benzene rings is 1. The third-order valence-electron chi connectivity index (χ3n) is 4.96. The van der Waals surface area contributed by atoms with Crippen LogP contribution in [0.2, 0.25) is 0 Å². The highest BCUT2D eigenvalue weighted by molar-refractivity contribution is 7.80. The molecular weight excluding hydrogens is 332 g/mol. The summed E-state index contributed by atoms with van der Waals surface area (Å²) in [4.78, 5) is 21.8. The van der Waals surface area contributed by atoms with Crippen LogP contribution < -0.4 is 10.6 Å². The Bertz CT molecular complexity index is 825. The zero-order chi connectivity index (χ0) is 17.4. The number of nitrogens with two attached hydrogens (primary N) is 1. The van der Waals surface area contributed by atoms with E-state index in [0.29, 0.717) is 23.0 Å². The Hall–Kier alpha value is -2.31. The Kier molecular flexibility index (Phi) is 4.01. The minimum atomic E-state index is -0.437. The lowest BCUT2D eigenvalue weighted by molar-refractivity contribution is 0.104. The second-order valence-corrected chi connectivity index (χ2v) is 7.11. The molecule has 2 fully saturated rings. The summed E-state index contributed by atoms with van der Waals surface area (Å²) in [6.07, 6.45) is 6.14. The van der Waals surface area contributed by atoms with Gasteiger partial charge < -0.3 is 15.5 Å². The van der Waals surface area contributed by atoms with Crippen LogP contribution in [0.4, 0.5) is 5.82 Å². The number of likely N-dealkylation sites (tertiary alicyclic amines) is 1. The summed E-state index contributed by atoms with van der Waals surface area (Å²) in [6, 6.07) is 13.5. The monoisotopic (exact) mass is 352 g/mol. The molecule has 1 aromatic carbocycles. The molecule has 2 bridgehead atoms. The first-order valence-electron chi connectivity index (χ1n) is 8.31. The number of hydrogen-bond acceptors (Lipinski definition) is 6. The average Bonchev–Trinajstić information content (AvgIpc) is 3.13. The van der Waals surface area contributed by atoms with Gasteiger partial charge in [0.1, 0.15) is 11.5 Å². The summed E-state index contributed by atoms with van der Waals surface area (Å²) in [7, 11) is 0. The van der Waals surface area contributed by atoms with Crippen molar-refractivity contribution < 1.29 is 4.79 Å². The molecular formula is C19H20N4OS. The lowest BCUT2D eigenvalue weighted by atomic mass is 10.1. The number of allylic oxidation sites excluding steroid dienone is 1. The molecule has 2 atom stereocenters. The van der Waals surface area contributed by atoms with Crippen LogP contribution in [0.3, 0.4) is 0 Å². The Morgan fingerprint density at radius 2 is 2.08 bits per heavy atom. The number of piperazine rings is 1. The average molecular weight is 352 g/mol. The maximum Gasteiger partial charge on any atom is 0.188 e. The SMILES string of the molecule is N[C@]12C[C@H](CN1c1ccccn1)N(/C=C/C(=O)c1ccccc1S)C2. The van der Waals surface area contributed by atoms with E-state index in [1.807, 2.05) is 42.6 Å². The number of hydrogen-bond donors (Lipinski definition) is 2. The van der Waals surface area contributed by atoms with Gasteiger partial charge in [-0.2, -0.15) is 0 Å². The van der Waals surface area contributed by atoms with Crippen molar-refractivity contribution in [2.75, 3.05) is 18.0 Å². The van der Waals surface area contributed by atoms with E-state index < -0.39 is 5.66 Å². The minimum absolute atomic E-state index is 0.0407. The van der Waals surface area contributed by atoms with Crippen molar-refractivity contribution in [3.63, 3.8) is 0 Å². The van der Waals surface area contributed by atoms with Gasteiger partial charge in [-0.1, -0.05) is 18.2 Å². The fourth-order valence-electron chi connectivity index (χ4n) is 3.74. The van der Waals surface area contributed by atoms with Crippen LogP contribution in [-0.2, 0) is 0 Å². The molecule has 2 aliphatic rings. The summed E-state index contributed by atoms with van der Waals surface area (Å²) in [5, 5.41) is 0. The highest BCUT2D eigenvalue weighted by atomic mass is 32.1. The number of ketones is 1. The van der Waals surface area contributed by atoms with Gasteiger partial charge in [0, 0.05) is 47.9 Å². The van der Waals surface area contributed by atoms with Gasteiger partial charge >= 0.3 is 0 Å². The van der Waals surface area contributed by atoms with Crippen LogP contribution in [0.5, 0.6) is 0 Å². The molecule has 2 saturated heterocycles. The molecule has 0 saturated carbocycles. The third kappa shape index (κ3) is 2.92. The van der Waals surface area contributed by atoms with Crippen molar-refractivity contribution in [2.45, 2.75) is 23.0 Å². The molecule has 0 aliphatic carbocycles. The predicted octanol–water partition coefficient (Wildman–Crippen LogP) is 2.32. The number of aromatic nitrogens is 1. The molecule has 0 unspecified atom stereocenters. The first-order chi connectivity index (χ1) is 12.1. The normalized spacial score (nSPS) is 25.1. The maximum absolute atomic E-state index is 12.4. The van der Waals surface area contributed by atoms with E-state index >= 15 is 0 Å². The van der Waals surface area contributed by atoms with Crippen LogP contribution in [0.1, 0.15) is 16.8 Å². The number of nitrogens with zero attached hydrogens (tertiary/aromatic N) is 3. The predicted molar refractivity (Wildman–Crippen MR) is 101 cm³/mol. The van der Waals surface area contributed by atoms with Crippen molar-refractivity contribution in [2.24, 2.45) is 5.73 Å². The van der Waals surface area contributed by atoms with E-state index in [2.05, 4.69) is 27.4 Å². The van der Waals surface area contributed by atoms with Gasteiger partial charge in [0.25, 0.3) is 0 Å². The number of fused-ring (bicyclic) bond motifs is 2. The molecule has 4 rings (SSSR count). The fourth-order valence-corrected chi connectivity index (χ4v) is 4.01. The molecule has 5 nitrogen and oxygen atoms in total. The summed E-state index contributed by atoms with van der Waals surface area (Å²) >= 11 is 4.35. The number of pyridine rings is 1. The molecule has 0 radical (unpaired) electrons. The van der Waals surface area contributed by atoms with Crippen molar-refractivity contribution in [3.8, 4) is 0 Å². The molecule has 2 aromatic rings. The van der Waals surface area contributed by atoms with Gasteiger partial charge in [0.05, 0.1) is 6.54 Å². The Morgan fingerprint density at radius 3 is 2.76 bits per heavy atom. The fraction of sp³-hybridized carbons (Fsp3) is 0.263. The quantitative estimate of drug-likeness (QED) is 0.502.